The number of aromatic nitrogens is 2. The summed E-state index contributed by atoms with van der Waals surface area (Å²) in [6.45, 7) is 0.865. The fraction of sp³-hybridized carbons (Fsp3) is 0.414. The van der Waals surface area contributed by atoms with Crippen LogP contribution in [0.4, 0.5) is 23.5 Å². The highest BCUT2D eigenvalue weighted by Gasteiger charge is 2.36. The molecule has 1 fully saturated rings. The summed E-state index contributed by atoms with van der Waals surface area (Å²) in [6.07, 6.45) is -1.30. The van der Waals surface area contributed by atoms with Gasteiger partial charge in [-0.3, -0.25) is 4.79 Å². The van der Waals surface area contributed by atoms with Gasteiger partial charge in [0.25, 0.3) is 5.91 Å². The molecule has 0 bridgehead atoms. The molecule has 1 saturated heterocycles. The number of nitrogens with zero attached hydrogens (tertiary/aromatic N) is 3. The van der Waals surface area contributed by atoms with Crippen molar-refractivity contribution in [2.75, 3.05) is 43.7 Å². The molecule has 9 nitrogen and oxygen atoms in total. The molecule has 1 aliphatic heterocycles. The Morgan fingerprint density at radius 2 is 1.77 bits per heavy atom. The first-order chi connectivity index (χ1) is 20.5. The standard InChI is InChI=1S/C29H32F4N4O5S/c1-2-43(40,41)25-9-5-20(6-10-25)26(17-38)36-27(39)22-14-34-28(35-15-22)37-16-21(13-24(37)18-42-12-11-30)19-3-7-23(8-4-19)29(31,32)33/h3-10,14-15,21,24,26,38H,2,11-13,16-18H2,1H3,(H,36,39)/t21?,24-,26-/m0/s1. The minimum Gasteiger partial charge on any atom is -0.394 e. The normalized spacial score (nSPS) is 18.0. The number of hydrogen-bond acceptors (Lipinski definition) is 8. The maximum atomic E-state index is 13.0. The van der Waals surface area contributed by atoms with E-state index in [9.17, 15) is 35.9 Å². The molecule has 232 valence electrons. The van der Waals surface area contributed by atoms with Gasteiger partial charge < -0.3 is 20.1 Å². The van der Waals surface area contributed by atoms with E-state index in [2.05, 4.69) is 15.3 Å². The minimum atomic E-state index is -4.44. The lowest BCUT2D eigenvalue weighted by molar-refractivity contribution is -0.137. The molecular weight excluding hydrogens is 592 g/mol. The van der Waals surface area contributed by atoms with Gasteiger partial charge >= 0.3 is 6.18 Å². The molecule has 1 amide bonds. The number of anilines is 1. The smallest absolute Gasteiger partial charge is 0.394 e. The van der Waals surface area contributed by atoms with Crippen LogP contribution in [0.15, 0.2) is 65.8 Å². The second kappa shape index (κ2) is 13.8. The number of benzene rings is 2. The summed E-state index contributed by atoms with van der Waals surface area (Å²) in [5, 5.41) is 12.5. The first-order valence-electron chi connectivity index (χ1n) is 13.6. The lowest BCUT2D eigenvalue weighted by Gasteiger charge is -2.24. The van der Waals surface area contributed by atoms with Gasteiger partial charge in [-0.2, -0.15) is 13.2 Å². The van der Waals surface area contributed by atoms with Crippen LogP contribution in [0.3, 0.4) is 0 Å². The van der Waals surface area contributed by atoms with E-state index in [1.54, 1.807) is 0 Å². The Kier molecular flexibility index (Phi) is 10.4. The summed E-state index contributed by atoms with van der Waals surface area (Å²) < 4.78 is 81.2. The molecule has 0 spiro atoms. The van der Waals surface area contributed by atoms with Crippen LogP contribution in [-0.4, -0.2) is 74.2 Å². The Bertz CT molecular complexity index is 1470. The summed E-state index contributed by atoms with van der Waals surface area (Å²) in [5.74, 6) is -0.507. The Labute approximate surface area is 246 Å². The van der Waals surface area contributed by atoms with Crippen LogP contribution >= 0.6 is 0 Å². The molecule has 2 aromatic carbocycles. The monoisotopic (exact) mass is 624 g/mol. The zero-order valence-corrected chi connectivity index (χ0v) is 24.1. The molecule has 0 saturated carbocycles. The first kappa shape index (κ1) is 32.3. The van der Waals surface area contributed by atoms with Crippen molar-refractivity contribution in [1.29, 1.82) is 0 Å². The highest BCUT2D eigenvalue weighted by Crippen LogP contribution is 2.36. The van der Waals surface area contributed by atoms with Crippen molar-refractivity contribution in [3.05, 3.63) is 83.2 Å². The van der Waals surface area contributed by atoms with Gasteiger partial charge in [0.2, 0.25) is 5.95 Å². The molecule has 2 N–H and O–H groups in total. The fourth-order valence-electron chi connectivity index (χ4n) is 4.92. The van der Waals surface area contributed by atoms with Crippen molar-refractivity contribution < 1.29 is 40.6 Å². The molecular formula is C29H32F4N4O5S. The van der Waals surface area contributed by atoms with Gasteiger partial charge in [0.1, 0.15) is 6.67 Å². The Hall–Kier alpha value is -3.62. The molecule has 3 aromatic rings. The largest absolute Gasteiger partial charge is 0.416 e. The van der Waals surface area contributed by atoms with Crippen molar-refractivity contribution in [2.24, 2.45) is 0 Å². The number of sulfone groups is 1. The van der Waals surface area contributed by atoms with E-state index in [1.807, 2.05) is 4.90 Å². The zero-order valence-electron chi connectivity index (χ0n) is 23.3. The van der Waals surface area contributed by atoms with Gasteiger partial charge in [-0.05, 0) is 41.8 Å². The lowest BCUT2D eigenvalue weighted by Crippen LogP contribution is -2.35. The quantitative estimate of drug-likeness (QED) is 0.228. The van der Waals surface area contributed by atoms with Gasteiger partial charge in [-0.25, -0.2) is 22.8 Å². The van der Waals surface area contributed by atoms with Crippen LogP contribution in [0.2, 0.25) is 0 Å². The highest BCUT2D eigenvalue weighted by molar-refractivity contribution is 7.91. The number of aliphatic hydroxyl groups excluding tert-OH is 1. The average Bonchev–Trinajstić information content (AvgIpc) is 3.44. The van der Waals surface area contributed by atoms with Crippen molar-refractivity contribution in [1.82, 2.24) is 15.3 Å². The number of carbonyl (C=O) groups excluding carboxylic acids is 1. The second-order valence-electron chi connectivity index (χ2n) is 10.1. The summed E-state index contributed by atoms with van der Waals surface area (Å²) in [6, 6.07) is 9.75. The summed E-state index contributed by atoms with van der Waals surface area (Å²) in [5.41, 5.74) is 0.579. The van der Waals surface area contributed by atoms with Crippen molar-refractivity contribution >= 4 is 21.7 Å². The van der Waals surface area contributed by atoms with E-state index < -0.39 is 46.8 Å². The fourth-order valence-corrected chi connectivity index (χ4v) is 5.80. The summed E-state index contributed by atoms with van der Waals surface area (Å²) >= 11 is 0. The van der Waals surface area contributed by atoms with Gasteiger partial charge in [-0.1, -0.05) is 31.2 Å². The van der Waals surface area contributed by atoms with Crippen molar-refractivity contribution in [3.63, 3.8) is 0 Å². The number of alkyl halides is 4. The van der Waals surface area contributed by atoms with Crippen molar-refractivity contribution in [2.45, 2.75) is 42.4 Å². The summed E-state index contributed by atoms with van der Waals surface area (Å²) in [7, 11) is -3.40. The number of halogens is 4. The molecule has 1 aliphatic rings. The Morgan fingerprint density at radius 3 is 2.33 bits per heavy atom. The number of ether oxygens (including phenoxy) is 1. The third kappa shape index (κ3) is 7.86. The minimum absolute atomic E-state index is 0.0545. The number of aliphatic hydroxyl groups is 1. The van der Waals surface area contributed by atoms with Crippen LogP contribution in [-0.2, 0) is 20.8 Å². The summed E-state index contributed by atoms with van der Waals surface area (Å²) in [4.78, 5) is 23.6. The van der Waals surface area contributed by atoms with E-state index >= 15 is 0 Å². The van der Waals surface area contributed by atoms with Gasteiger partial charge in [0.15, 0.2) is 9.84 Å². The van der Waals surface area contributed by atoms with E-state index in [1.165, 1.54) is 55.7 Å². The second-order valence-corrected chi connectivity index (χ2v) is 12.4. The van der Waals surface area contributed by atoms with Crippen LogP contribution in [0.25, 0.3) is 0 Å². The SMILES string of the molecule is CCS(=O)(=O)c1ccc([C@H](CO)NC(=O)c2cnc(N3CC(c4ccc(C(F)(F)F)cc4)C[C@H]3COCCF)nc2)cc1. The Balaban J connectivity index is 1.46. The van der Waals surface area contributed by atoms with E-state index in [-0.39, 0.29) is 47.3 Å². The van der Waals surface area contributed by atoms with Crippen LogP contribution in [0, 0.1) is 0 Å². The maximum Gasteiger partial charge on any atom is 0.416 e. The molecule has 1 unspecified atom stereocenters. The maximum absolute atomic E-state index is 13.0. The van der Waals surface area contributed by atoms with Gasteiger partial charge in [-0.15, -0.1) is 0 Å². The van der Waals surface area contributed by atoms with E-state index in [0.29, 0.717) is 24.1 Å². The molecule has 14 heteroatoms. The third-order valence-electron chi connectivity index (χ3n) is 7.32. The Morgan fingerprint density at radius 1 is 1.12 bits per heavy atom. The van der Waals surface area contributed by atoms with Gasteiger partial charge in [0.05, 0.1) is 53.7 Å². The molecule has 3 atom stereocenters. The first-order valence-corrected chi connectivity index (χ1v) is 15.3. The molecule has 4 rings (SSSR count). The van der Waals surface area contributed by atoms with Crippen LogP contribution in [0.1, 0.15) is 52.4 Å². The lowest BCUT2D eigenvalue weighted by atomic mass is 9.95. The predicted molar refractivity (Wildman–Crippen MR) is 150 cm³/mol. The molecule has 43 heavy (non-hydrogen) atoms. The zero-order chi connectivity index (χ0) is 31.2. The number of nitrogens with one attached hydrogen (secondary N) is 1. The number of rotatable bonds is 12. The molecule has 1 aromatic heterocycles. The van der Waals surface area contributed by atoms with Crippen molar-refractivity contribution in [3.8, 4) is 0 Å². The molecule has 2 heterocycles. The van der Waals surface area contributed by atoms with Gasteiger partial charge in [0, 0.05) is 24.9 Å². The van der Waals surface area contributed by atoms with Crippen LogP contribution < -0.4 is 10.2 Å². The third-order valence-corrected chi connectivity index (χ3v) is 9.07. The number of hydrogen-bond donors (Lipinski definition) is 2. The van der Waals surface area contributed by atoms with Crippen LogP contribution in [0.5, 0.6) is 0 Å². The highest BCUT2D eigenvalue weighted by atomic mass is 32.2. The van der Waals surface area contributed by atoms with E-state index in [4.69, 9.17) is 4.74 Å². The van der Waals surface area contributed by atoms with E-state index in [0.717, 1.165) is 12.1 Å². The number of amides is 1. The molecule has 0 aliphatic carbocycles. The average molecular weight is 625 g/mol. The number of carbonyl (C=O) groups is 1. The molecule has 0 radical (unpaired) electrons. The topological polar surface area (TPSA) is 122 Å². The predicted octanol–water partition coefficient (Wildman–Crippen LogP) is 4.10.